The van der Waals surface area contributed by atoms with E-state index in [0.29, 0.717) is 12.5 Å². The number of fused-ring (bicyclic) bond motifs is 1. The maximum absolute atomic E-state index is 11.5. The molecule has 1 aromatic heterocycles. The van der Waals surface area contributed by atoms with E-state index in [9.17, 15) is 4.79 Å². The summed E-state index contributed by atoms with van der Waals surface area (Å²) in [6, 6.07) is 8.55. The molecule has 5 heteroatoms. The van der Waals surface area contributed by atoms with Crippen molar-refractivity contribution in [2.45, 2.75) is 25.4 Å². The minimum atomic E-state index is 0.240. The molecule has 0 bridgehead atoms. The summed E-state index contributed by atoms with van der Waals surface area (Å²) >= 11 is 3.57. The molecule has 1 N–H and O–H groups in total. The highest BCUT2D eigenvalue weighted by molar-refractivity contribution is 9.10. The summed E-state index contributed by atoms with van der Waals surface area (Å²) in [5.41, 5.74) is 2.22. The second-order valence-corrected chi connectivity index (χ2v) is 6.35. The molecule has 21 heavy (non-hydrogen) atoms. The van der Waals surface area contributed by atoms with E-state index in [2.05, 4.69) is 44.4 Å². The Morgan fingerprint density at radius 2 is 2.29 bits per heavy atom. The molecule has 1 saturated heterocycles. The van der Waals surface area contributed by atoms with Crippen LogP contribution in [0.3, 0.4) is 0 Å². The molecular formula is C16H18BrN3O. The number of halogens is 1. The predicted molar refractivity (Wildman–Crippen MR) is 86.9 cm³/mol. The van der Waals surface area contributed by atoms with Gasteiger partial charge in [-0.15, -0.1) is 0 Å². The van der Waals surface area contributed by atoms with Crippen LogP contribution in [0.4, 0.5) is 0 Å². The lowest BCUT2D eigenvalue weighted by Crippen LogP contribution is -2.46. The zero-order chi connectivity index (χ0) is 14.8. The van der Waals surface area contributed by atoms with E-state index in [1.165, 1.54) is 5.56 Å². The lowest BCUT2D eigenvalue weighted by Gasteiger charge is -2.30. The van der Waals surface area contributed by atoms with E-state index >= 15 is 0 Å². The fraction of sp³-hybridized carbons (Fsp3) is 0.375. The summed E-state index contributed by atoms with van der Waals surface area (Å²) in [5, 5.41) is 4.68. The first kappa shape index (κ1) is 14.5. The van der Waals surface area contributed by atoms with Crippen molar-refractivity contribution in [1.29, 1.82) is 0 Å². The second kappa shape index (κ2) is 6.12. The number of hydrogen-bond donors (Lipinski definition) is 1. The lowest BCUT2D eigenvalue weighted by molar-refractivity contribution is -0.132. The molecule has 4 nitrogen and oxygen atoms in total. The van der Waals surface area contributed by atoms with Gasteiger partial charge in [-0.3, -0.25) is 9.78 Å². The summed E-state index contributed by atoms with van der Waals surface area (Å²) in [4.78, 5) is 17.8. The highest BCUT2D eigenvalue weighted by Gasteiger charge is 2.22. The first-order valence-electron chi connectivity index (χ1n) is 7.14. The molecule has 2 heterocycles. The minimum absolute atomic E-state index is 0.240. The third-order valence-electron chi connectivity index (χ3n) is 4.01. The van der Waals surface area contributed by atoms with Gasteiger partial charge in [-0.2, -0.15) is 0 Å². The Bertz CT molecular complexity index is 674. The van der Waals surface area contributed by atoms with Crippen molar-refractivity contribution >= 4 is 32.7 Å². The number of likely N-dealkylation sites (tertiary alicyclic amines) is 1. The van der Waals surface area contributed by atoms with E-state index in [1.807, 2.05) is 19.3 Å². The Labute approximate surface area is 132 Å². The van der Waals surface area contributed by atoms with E-state index in [0.717, 1.165) is 34.9 Å². The molecule has 0 saturated carbocycles. The number of rotatable bonds is 3. The number of aromatic nitrogens is 1. The molecule has 0 radical (unpaired) electrons. The van der Waals surface area contributed by atoms with Gasteiger partial charge in [-0.05, 0) is 24.1 Å². The number of piperidine rings is 1. The lowest BCUT2D eigenvalue weighted by atomic mass is 10.0. The molecule has 1 unspecified atom stereocenters. The summed E-state index contributed by atoms with van der Waals surface area (Å²) in [6.07, 6.45) is 3.36. The maximum atomic E-state index is 11.5. The highest BCUT2D eigenvalue weighted by Crippen LogP contribution is 2.25. The number of pyridine rings is 1. The Balaban J connectivity index is 1.74. The molecule has 3 rings (SSSR count). The SMILES string of the molecule is CN1CC(NCc2ccc(Br)c3cccnc23)CCC1=O. The van der Waals surface area contributed by atoms with Crippen molar-refractivity contribution in [3.8, 4) is 0 Å². The van der Waals surface area contributed by atoms with Gasteiger partial charge in [0, 0.05) is 48.7 Å². The third kappa shape index (κ3) is 3.09. The largest absolute Gasteiger partial charge is 0.344 e. The average Bonchev–Trinajstić information content (AvgIpc) is 2.50. The number of nitrogens with zero attached hydrogens (tertiary/aromatic N) is 2. The van der Waals surface area contributed by atoms with Gasteiger partial charge in [-0.1, -0.05) is 28.1 Å². The van der Waals surface area contributed by atoms with Crippen molar-refractivity contribution < 1.29 is 4.79 Å². The predicted octanol–water partition coefficient (Wildman–Crippen LogP) is 2.71. The topological polar surface area (TPSA) is 45.2 Å². The molecule has 1 aromatic carbocycles. The number of benzene rings is 1. The highest BCUT2D eigenvalue weighted by atomic mass is 79.9. The van der Waals surface area contributed by atoms with E-state index in [1.54, 1.807) is 4.90 Å². The van der Waals surface area contributed by atoms with E-state index in [-0.39, 0.29) is 5.91 Å². The maximum Gasteiger partial charge on any atom is 0.222 e. The van der Waals surface area contributed by atoms with Crippen molar-refractivity contribution in [1.82, 2.24) is 15.2 Å². The summed E-state index contributed by atoms with van der Waals surface area (Å²) in [6.45, 7) is 1.55. The molecule has 1 fully saturated rings. The molecule has 1 aliphatic rings. The minimum Gasteiger partial charge on any atom is -0.344 e. The van der Waals surface area contributed by atoms with Gasteiger partial charge in [-0.25, -0.2) is 0 Å². The Hall–Kier alpha value is -1.46. The smallest absolute Gasteiger partial charge is 0.222 e. The van der Waals surface area contributed by atoms with Crippen LogP contribution in [0.1, 0.15) is 18.4 Å². The number of carbonyl (C=O) groups excluding carboxylic acids is 1. The Morgan fingerprint density at radius 3 is 3.10 bits per heavy atom. The quantitative estimate of drug-likeness (QED) is 0.928. The van der Waals surface area contributed by atoms with E-state index < -0.39 is 0 Å². The molecule has 1 atom stereocenters. The number of nitrogens with one attached hydrogen (secondary N) is 1. The van der Waals surface area contributed by atoms with Crippen LogP contribution >= 0.6 is 15.9 Å². The third-order valence-corrected chi connectivity index (χ3v) is 4.70. The molecule has 0 aliphatic carbocycles. The van der Waals surface area contributed by atoms with Gasteiger partial charge in [0.25, 0.3) is 0 Å². The van der Waals surface area contributed by atoms with Crippen LogP contribution in [0.5, 0.6) is 0 Å². The standard InChI is InChI=1S/C16H18BrN3O/c1-20-10-12(5-7-15(20)21)19-9-11-4-6-14(17)13-3-2-8-18-16(11)13/h2-4,6,8,12,19H,5,7,9-10H2,1H3. The Kier molecular flexibility index (Phi) is 4.22. The molecule has 1 aliphatic heterocycles. The monoisotopic (exact) mass is 347 g/mol. The summed E-state index contributed by atoms with van der Waals surface area (Å²) in [5.74, 6) is 0.240. The number of likely N-dealkylation sites (N-methyl/N-ethyl adjacent to an activating group) is 1. The van der Waals surface area contributed by atoms with Gasteiger partial charge in [0.1, 0.15) is 0 Å². The Morgan fingerprint density at radius 1 is 1.43 bits per heavy atom. The van der Waals surface area contributed by atoms with E-state index in [4.69, 9.17) is 0 Å². The normalized spacial score (nSPS) is 19.2. The number of carbonyl (C=O) groups is 1. The van der Waals surface area contributed by atoms with Crippen molar-refractivity contribution in [3.63, 3.8) is 0 Å². The van der Waals surface area contributed by atoms with Gasteiger partial charge >= 0.3 is 0 Å². The zero-order valence-corrected chi connectivity index (χ0v) is 13.6. The van der Waals surface area contributed by atoms with Crippen LogP contribution in [-0.4, -0.2) is 35.4 Å². The number of amides is 1. The van der Waals surface area contributed by atoms with Crippen molar-refractivity contribution in [3.05, 3.63) is 40.5 Å². The van der Waals surface area contributed by atoms with Crippen LogP contribution in [0, 0.1) is 0 Å². The fourth-order valence-corrected chi connectivity index (χ4v) is 3.22. The van der Waals surface area contributed by atoms with Crippen LogP contribution in [0.2, 0.25) is 0 Å². The van der Waals surface area contributed by atoms with Gasteiger partial charge in [0.05, 0.1) is 5.52 Å². The average molecular weight is 348 g/mol. The summed E-state index contributed by atoms with van der Waals surface area (Å²) < 4.78 is 1.07. The van der Waals surface area contributed by atoms with Crippen LogP contribution in [-0.2, 0) is 11.3 Å². The van der Waals surface area contributed by atoms with Crippen molar-refractivity contribution in [2.75, 3.05) is 13.6 Å². The second-order valence-electron chi connectivity index (χ2n) is 5.50. The molecule has 1 amide bonds. The van der Waals surface area contributed by atoms with Crippen LogP contribution in [0.25, 0.3) is 10.9 Å². The molecular weight excluding hydrogens is 330 g/mol. The fourth-order valence-electron chi connectivity index (χ4n) is 2.77. The van der Waals surface area contributed by atoms with Gasteiger partial charge in [0.2, 0.25) is 5.91 Å². The van der Waals surface area contributed by atoms with Crippen LogP contribution in [0.15, 0.2) is 34.9 Å². The zero-order valence-electron chi connectivity index (χ0n) is 12.0. The number of hydrogen-bond acceptors (Lipinski definition) is 3. The van der Waals surface area contributed by atoms with Gasteiger partial charge < -0.3 is 10.2 Å². The van der Waals surface area contributed by atoms with Crippen molar-refractivity contribution in [2.24, 2.45) is 0 Å². The first-order valence-corrected chi connectivity index (χ1v) is 7.94. The molecule has 110 valence electrons. The van der Waals surface area contributed by atoms with Gasteiger partial charge in [0.15, 0.2) is 0 Å². The first-order chi connectivity index (χ1) is 10.1. The summed E-state index contributed by atoms with van der Waals surface area (Å²) in [7, 11) is 1.87. The molecule has 0 spiro atoms. The van der Waals surface area contributed by atoms with Crippen LogP contribution < -0.4 is 5.32 Å². The molecule has 2 aromatic rings.